The average molecular weight is 230 g/mol. The van der Waals surface area contributed by atoms with Crippen molar-refractivity contribution in [2.45, 2.75) is 19.9 Å². The van der Waals surface area contributed by atoms with E-state index in [-0.39, 0.29) is 0 Å². The Kier molecular flexibility index (Phi) is 2.49. The molecule has 0 spiro atoms. The maximum atomic E-state index is 4.41. The Bertz CT molecular complexity index is 638. The molecule has 3 aromatic heterocycles. The van der Waals surface area contributed by atoms with Gasteiger partial charge < -0.3 is 10.3 Å². The monoisotopic (exact) mass is 230 g/mol. The normalized spacial score (nSPS) is 11.6. The molecule has 6 heteroatoms. The van der Waals surface area contributed by atoms with E-state index < -0.39 is 0 Å². The van der Waals surface area contributed by atoms with Crippen LogP contribution in [-0.2, 0) is 6.54 Å². The topological polar surface area (TPSA) is 70.9 Å². The Labute approximate surface area is 98.1 Å². The summed E-state index contributed by atoms with van der Waals surface area (Å²) in [5.41, 5.74) is 3.57. The van der Waals surface area contributed by atoms with Gasteiger partial charge in [-0.3, -0.25) is 4.40 Å². The molecule has 0 aromatic carbocycles. The Hall–Kier alpha value is -1.95. The maximum Gasteiger partial charge on any atom is 0.182 e. The third-order valence-corrected chi connectivity index (χ3v) is 2.74. The summed E-state index contributed by atoms with van der Waals surface area (Å²) in [6.07, 6.45) is 6.41. The Morgan fingerprint density at radius 3 is 3.18 bits per heavy atom. The minimum Gasteiger partial charge on any atom is -0.340 e. The van der Waals surface area contributed by atoms with Crippen molar-refractivity contribution in [3.05, 3.63) is 24.5 Å². The molecular weight excluding hydrogens is 216 g/mol. The van der Waals surface area contributed by atoms with Crippen LogP contribution in [0.2, 0.25) is 0 Å². The number of fused-ring (bicyclic) bond motifs is 3. The number of rotatable bonds is 4. The zero-order valence-electron chi connectivity index (χ0n) is 9.64. The lowest BCUT2D eigenvalue weighted by molar-refractivity contribution is 0.660. The number of hydrogen-bond acceptors (Lipinski definition) is 4. The van der Waals surface area contributed by atoms with Crippen LogP contribution in [0.5, 0.6) is 0 Å². The molecule has 0 atom stereocenters. The number of aromatic amines is 1. The van der Waals surface area contributed by atoms with Crippen LogP contribution in [0, 0.1) is 0 Å². The van der Waals surface area contributed by atoms with Crippen molar-refractivity contribution < 1.29 is 0 Å². The van der Waals surface area contributed by atoms with Gasteiger partial charge in [0.1, 0.15) is 11.8 Å². The lowest BCUT2D eigenvalue weighted by Gasteiger charge is -2.02. The molecule has 2 N–H and O–H groups in total. The molecule has 17 heavy (non-hydrogen) atoms. The summed E-state index contributed by atoms with van der Waals surface area (Å²) in [5, 5.41) is 3.36. The summed E-state index contributed by atoms with van der Waals surface area (Å²) >= 11 is 0. The van der Waals surface area contributed by atoms with Gasteiger partial charge in [0.05, 0.1) is 18.2 Å². The Morgan fingerprint density at radius 2 is 2.29 bits per heavy atom. The van der Waals surface area contributed by atoms with Crippen LogP contribution >= 0.6 is 0 Å². The van der Waals surface area contributed by atoms with E-state index in [1.807, 2.05) is 10.6 Å². The van der Waals surface area contributed by atoms with Crippen molar-refractivity contribution in [3.63, 3.8) is 0 Å². The van der Waals surface area contributed by atoms with Crippen molar-refractivity contribution >= 4 is 16.8 Å². The molecule has 0 bridgehead atoms. The van der Waals surface area contributed by atoms with E-state index in [9.17, 15) is 0 Å². The van der Waals surface area contributed by atoms with Crippen LogP contribution in [0.1, 0.15) is 19.0 Å². The molecule has 0 fully saturated rings. The summed E-state index contributed by atoms with van der Waals surface area (Å²) in [4.78, 5) is 15.9. The standard InChI is InChI=1S/C11H14N6/c1-2-3-12-4-8-5-13-11-9-10(15-6-14-9)16-7-17(8)11/h5-7,12H,2-4H2,1H3,(H,14,15). The van der Waals surface area contributed by atoms with Gasteiger partial charge in [-0.05, 0) is 13.0 Å². The molecule has 88 valence electrons. The summed E-state index contributed by atoms with van der Waals surface area (Å²) < 4.78 is 1.99. The van der Waals surface area contributed by atoms with Gasteiger partial charge >= 0.3 is 0 Å². The van der Waals surface area contributed by atoms with Crippen molar-refractivity contribution in [1.82, 2.24) is 29.7 Å². The van der Waals surface area contributed by atoms with Gasteiger partial charge in [-0.1, -0.05) is 6.92 Å². The third kappa shape index (κ3) is 1.66. The van der Waals surface area contributed by atoms with Gasteiger partial charge in [-0.15, -0.1) is 0 Å². The van der Waals surface area contributed by atoms with Gasteiger partial charge in [0.25, 0.3) is 0 Å². The number of hydrogen-bond donors (Lipinski definition) is 2. The predicted molar refractivity (Wildman–Crippen MR) is 64.6 cm³/mol. The molecule has 0 radical (unpaired) electrons. The molecule has 0 saturated heterocycles. The first-order valence-electron chi connectivity index (χ1n) is 5.75. The van der Waals surface area contributed by atoms with E-state index in [0.29, 0.717) is 5.65 Å². The first kappa shape index (κ1) is 10.2. The minimum atomic E-state index is 0.705. The summed E-state index contributed by atoms with van der Waals surface area (Å²) in [6, 6.07) is 0. The third-order valence-electron chi connectivity index (χ3n) is 2.74. The highest BCUT2D eigenvalue weighted by atomic mass is 15.1. The van der Waals surface area contributed by atoms with Crippen LogP contribution in [0.15, 0.2) is 18.9 Å². The first-order chi connectivity index (χ1) is 8.40. The van der Waals surface area contributed by atoms with Gasteiger partial charge in [0, 0.05) is 6.54 Å². The fraction of sp³-hybridized carbons (Fsp3) is 0.364. The SMILES string of the molecule is CCCNCc1cnc2c3[nH]cnc3ncn12. The predicted octanol–water partition coefficient (Wildman–Crippen LogP) is 1.11. The van der Waals surface area contributed by atoms with E-state index in [0.717, 1.165) is 36.4 Å². The van der Waals surface area contributed by atoms with Crippen LogP contribution in [0.25, 0.3) is 16.8 Å². The molecular formula is C11H14N6. The van der Waals surface area contributed by atoms with Gasteiger partial charge in [-0.2, -0.15) is 0 Å². The first-order valence-corrected chi connectivity index (χ1v) is 5.75. The van der Waals surface area contributed by atoms with Crippen LogP contribution in [0.3, 0.4) is 0 Å². The molecule has 0 aliphatic rings. The second-order valence-electron chi connectivity index (χ2n) is 3.97. The van der Waals surface area contributed by atoms with Crippen molar-refractivity contribution in [3.8, 4) is 0 Å². The van der Waals surface area contributed by atoms with Gasteiger partial charge in [-0.25, -0.2) is 15.0 Å². The maximum absolute atomic E-state index is 4.41. The number of imidazole rings is 2. The van der Waals surface area contributed by atoms with E-state index in [1.165, 1.54) is 0 Å². The largest absolute Gasteiger partial charge is 0.340 e. The minimum absolute atomic E-state index is 0.705. The molecule has 3 aromatic rings. The van der Waals surface area contributed by atoms with Crippen molar-refractivity contribution in [2.75, 3.05) is 6.54 Å². The lowest BCUT2D eigenvalue weighted by atomic mass is 10.4. The van der Waals surface area contributed by atoms with Gasteiger partial charge in [0.15, 0.2) is 11.3 Å². The molecule has 0 saturated carbocycles. The van der Waals surface area contributed by atoms with Gasteiger partial charge in [0.2, 0.25) is 0 Å². The zero-order chi connectivity index (χ0) is 11.7. The highest BCUT2D eigenvalue weighted by Gasteiger charge is 2.08. The summed E-state index contributed by atoms with van der Waals surface area (Å²) in [5.74, 6) is 0. The molecule has 0 amide bonds. The number of nitrogens with zero attached hydrogens (tertiary/aromatic N) is 4. The zero-order valence-corrected chi connectivity index (χ0v) is 9.64. The highest BCUT2D eigenvalue weighted by Crippen LogP contribution is 2.14. The average Bonchev–Trinajstić information content (AvgIpc) is 2.94. The lowest BCUT2D eigenvalue weighted by Crippen LogP contribution is -2.15. The van der Waals surface area contributed by atoms with E-state index in [1.54, 1.807) is 12.7 Å². The second-order valence-corrected chi connectivity index (χ2v) is 3.97. The number of nitrogens with one attached hydrogen (secondary N) is 2. The summed E-state index contributed by atoms with van der Waals surface area (Å²) in [7, 11) is 0. The smallest absolute Gasteiger partial charge is 0.182 e. The molecule has 0 aliphatic carbocycles. The van der Waals surface area contributed by atoms with Crippen molar-refractivity contribution in [1.29, 1.82) is 0 Å². The fourth-order valence-electron chi connectivity index (χ4n) is 1.90. The molecule has 0 aliphatic heterocycles. The van der Waals surface area contributed by atoms with E-state index >= 15 is 0 Å². The Balaban J connectivity index is 2.03. The Morgan fingerprint density at radius 1 is 1.35 bits per heavy atom. The fourth-order valence-corrected chi connectivity index (χ4v) is 1.90. The highest BCUT2D eigenvalue weighted by molar-refractivity contribution is 5.84. The van der Waals surface area contributed by atoms with E-state index in [4.69, 9.17) is 0 Å². The molecule has 3 heterocycles. The second kappa shape index (κ2) is 4.14. The number of H-pyrrole nitrogens is 1. The van der Waals surface area contributed by atoms with Crippen LogP contribution in [-0.4, -0.2) is 30.9 Å². The van der Waals surface area contributed by atoms with Crippen LogP contribution < -0.4 is 5.32 Å². The van der Waals surface area contributed by atoms with Crippen LogP contribution in [0.4, 0.5) is 0 Å². The summed E-state index contributed by atoms with van der Waals surface area (Å²) in [6.45, 7) is 3.96. The number of aromatic nitrogens is 5. The molecule has 0 unspecified atom stereocenters. The van der Waals surface area contributed by atoms with E-state index in [2.05, 4.69) is 32.2 Å². The molecule has 3 rings (SSSR count). The quantitative estimate of drug-likeness (QED) is 0.658. The van der Waals surface area contributed by atoms with Crippen molar-refractivity contribution in [2.24, 2.45) is 0 Å². The molecule has 6 nitrogen and oxygen atoms in total.